The summed E-state index contributed by atoms with van der Waals surface area (Å²) in [5.41, 5.74) is 0. The first kappa shape index (κ1) is 74.5. The van der Waals surface area contributed by atoms with Gasteiger partial charge in [0.05, 0.1) is 0 Å². The van der Waals surface area contributed by atoms with E-state index >= 15 is 0 Å². The highest BCUT2D eigenvalue weighted by Crippen LogP contribution is 2.16. The van der Waals surface area contributed by atoms with Gasteiger partial charge in [-0.25, -0.2) is 0 Å². The number of rotatable bonds is 58. The summed E-state index contributed by atoms with van der Waals surface area (Å²) in [4.78, 5) is 38.2. The third-order valence-electron chi connectivity index (χ3n) is 13.6. The normalized spacial score (nSPS) is 13.0. The van der Waals surface area contributed by atoms with Crippen LogP contribution >= 0.6 is 0 Å². The predicted molar refractivity (Wildman–Crippen MR) is 343 cm³/mol. The molecule has 0 aliphatic rings. The highest BCUT2D eigenvalue weighted by molar-refractivity contribution is 5.71. The summed E-state index contributed by atoms with van der Waals surface area (Å²) in [5.74, 6) is -0.922. The first-order valence-corrected chi connectivity index (χ1v) is 32.7. The summed E-state index contributed by atoms with van der Waals surface area (Å²) in [5, 5.41) is 0. The second-order valence-electron chi connectivity index (χ2n) is 21.3. The van der Waals surface area contributed by atoms with Crippen molar-refractivity contribution >= 4 is 17.9 Å². The maximum atomic E-state index is 12.9. The fourth-order valence-corrected chi connectivity index (χ4v) is 8.75. The molecule has 79 heavy (non-hydrogen) atoms. The van der Waals surface area contributed by atoms with Gasteiger partial charge in [-0.05, 0) is 116 Å². The van der Waals surface area contributed by atoms with Crippen LogP contribution in [0.3, 0.4) is 0 Å². The van der Waals surface area contributed by atoms with Crippen molar-refractivity contribution in [3.63, 3.8) is 0 Å². The monoisotopic (exact) mass is 1090 g/mol. The Morgan fingerprint density at radius 3 is 0.823 bits per heavy atom. The Kier molecular flexibility index (Phi) is 62.3. The van der Waals surface area contributed by atoms with Gasteiger partial charge in [0.2, 0.25) is 0 Å². The number of carbonyl (C=O) groups excluding carboxylic acids is 3. The second kappa shape index (κ2) is 66.1. The lowest BCUT2D eigenvalue weighted by Crippen LogP contribution is -2.30. The molecule has 0 fully saturated rings. The lowest BCUT2D eigenvalue weighted by atomic mass is 10.0. The molecule has 0 aliphatic carbocycles. The number of ether oxygens (including phenoxy) is 3. The van der Waals surface area contributed by atoms with Gasteiger partial charge in [0.25, 0.3) is 0 Å². The van der Waals surface area contributed by atoms with E-state index in [1.54, 1.807) is 0 Å². The molecule has 0 heterocycles. The van der Waals surface area contributed by atoms with Crippen molar-refractivity contribution < 1.29 is 28.6 Å². The minimum absolute atomic E-state index is 0.0907. The Labute approximate surface area is 487 Å². The van der Waals surface area contributed by atoms with Crippen LogP contribution in [0.2, 0.25) is 0 Å². The highest BCUT2D eigenvalue weighted by atomic mass is 16.6. The second-order valence-corrected chi connectivity index (χ2v) is 21.3. The zero-order chi connectivity index (χ0) is 57.1. The summed E-state index contributed by atoms with van der Waals surface area (Å²) in [6.45, 7) is 6.47. The molecule has 0 radical (unpaired) electrons. The van der Waals surface area contributed by atoms with Crippen LogP contribution in [0.1, 0.15) is 290 Å². The molecular formula is C73H120O6. The zero-order valence-electron chi connectivity index (χ0n) is 51.3. The first-order valence-electron chi connectivity index (χ1n) is 32.7. The lowest BCUT2D eigenvalue weighted by molar-refractivity contribution is -0.167. The van der Waals surface area contributed by atoms with Crippen LogP contribution in [0.15, 0.2) is 134 Å². The molecule has 0 saturated heterocycles. The third kappa shape index (κ3) is 64.3. The molecule has 1 atom stereocenters. The van der Waals surface area contributed by atoms with Crippen molar-refractivity contribution in [1.29, 1.82) is 0 Å². The molecule has 0 aromatic carbocycles. The van der Waals surface area contributed by atoms with Crippen molar-refractivity contribution in [2.45, 2.75) is 297 Å². The van der Waals surface area contributed by atoms with Crippen LogP contribution in [-0.4, -0.2) is 37.2 Å². The summed E-state index contributed by atoms with van der Waals surface area (Å²) < 4.78 is 16.9. The van der Waals surface area contributed by atoms with Gasteiger partial charge in [0, 0.05) is 19.3 Å². The van der Waals surface area contributed by atoms with Crippen molar-refractivity contribution in [2.24, 2.45) is 0 Å². The fraction of sp³-hybridized carbons (Fsp3) is 0.658. The van der Waals surface area contributed by atoms with Gasteiger partial charge in [-0.15, -0.1) is 0 Å². The zero-order valence-corrected chi connectivity index (χ0v) is 51.3. The SMILES string of the molecule is CC/C=C\C/C=C\C/C=C\C/C=C\C/C=C\C/C=C\C/C=C\C/C=C\C/C=C\C/C=C\CCCCCCC(=O)OCC(COC(=O)CCCCCCC/C=C\CCCC)OC(=O)CCCCCCCCCCCCCCCCC. The molecule has 0 aromatic heterocycles. The molecular weight excluding hydrogens is 973 g/mol. The minimum atomic E-state index is -0.793. The molecule has 448 valence electrons. The van der Waals surface area contributed by atoms with Gasteiger partial charge >= 0.3 is 17.9 Å². The van der Waals surface area contributed by atoms with Gasteiger partial charge < -0.3 is 14.2 Å². The Morgan fingerprint density at radius 1 is 0.266 bits per heavy atom. The van der Waals surface area contributed by atoms with E-state index in [2.05, 4.69) is 154 Å². The highest BCUT2D eigenvalue weighted by Gasteiger charge is 2.19. The standard InChI is InChI=1S/C73H120O6/c1-4-7-10-13-16-19-22-24-26-27-28-29-30-31-32-33-34-35-36-37-38-39-40-41-42-43-44-45-47-48-51-54-57-60-63-66-72(75)78-69-70(68-77-71(74)65-62-59-56-53-50-21-18-15-12-9-6-3)79-73(76)67-64-61-58-55-52-49-46-25-23-20-17-14-11-8-5-2/h7,10,15-16,18-19,24,26,28-29,31-32,34-35,37-38,40-41,43-44,47-48,70H,4-6,8-9,11-14,17,20-23,25,27,30,33,36,39,42,45-46,49-69H2,1-3H3/b10-7-,18-15-,19-16-,26-24-,29-28-,32-31-,35-34-,38-37-,41-40-,44-43-,48-47-. The fourth-order valence-electron chi connectivity index (χ4n) is 8.75. The number of carbonyl (C=O) groups is 3. The molecule has 0 amide bonds. The first-order chi connectivity index (χ1) is 39.0. The van der Waals surface area contributed by atoms with Crippen molar-refractivity contribution in [3.05, 3.63) is 134 Å². The summed E-state index contributed by atoms with van der Waals surface area (Å²) in [6.07, 6.45) is 93.2. The van der Waals surface area contributed by atoms with Crippen molar-refractivity contribution in [3.8, 4) is 0 Å². The predicted octanol–water partition coefficient (Wildman–Crippen LogP) is 22.5. The largest absolute Gasteiger partial charge is 0.462 e. The number of hydrogen-bond donors (Lipinski definition) is 0. The Hall–Kier alpha value is -4.45. The van der Waals surface area contributed by atoms with E-state index in [9.17, 15) is 14.4 Å². The van der Waals surface area contributed by atoms with Crippen LogP contribution in [-0.2, 0) is 28.6 Å². The molecule has 6 heteroatoms. The Bertz CT molecular complexity index is 1680. The third-order valence-corrected chi connectivity index (χ3v) is 13.6. The number of allylic oxidation sites excluding steroid dienone is 22. The topological polar surface area (TPSA) is 78.9 Å². The maximum absolute atomic E-state index is 12.9. The lowest BCUT2D eigenvalue weighted by Gasteiger charge is -2.18. The van der Waals surface area contributed by atoms with E-state index in [1.165, 1.54) is 103 Å². The maximum Gasteiger partial charge on any atom is 0.306 e. The molecule has 1 unspecified atom stereocenters. The van der Waals surface area contributed by atoms with Crippen LogP contribution in [0.5, 0.6) is 0 Å². The van der Waals surface area contributed by atoms with Gasteiger partial charge in [0.1, 0.15) is 13.2 Å². The Balaban J connectivity index is 4.28. The molecule has 0 aliphatic heterocycles. The average molecular weight is 1090 g/mol. The van der Waals surface area contributed by atoms with Gasteiger partial charge in [-0.2, -0.15) is 0 Å². The van der Waals surface area contributed by atoms with E-state index < -0.39 is 6.10 Å². The number of unbranched alkanes of at least 4 members (excludes halogenated alkanes) is 25. The van der Waals surface area contributed by atoms with Crippen LogP contribution in [0.25, 0.3) is 0 Å². The number of hydrogen-bond acceptors (Lipinski definition) is 6. The summed E-state index contributed by atoms with van der Waals surface area (Å²) in [6, 6.07) is 0. The van der Waals surface area contributed by atoms with Gasteiger partial charge in [-0.1, -0.05) is 289 Å². The quantitative estimate of drug-likeness (QED) is 0.0261. The summed E-state index contributed by atoms with van der Waals surface area (Å²) in [7, 11) is 0. The van der Waals surface area contributed by atoms with Gasteiger partial charge in [-0.3, -0.25) is 14.4 Å². The van der Waals surface area contributed by atoms with Crippen LogP contribution in [0.4, 0.5) is 0 Å². The summed E-state index contributed by atoms with van der Waals surface area (Å²) >= 11 is 0. The van der Waals surface area contributed by atoms with E-state index in [0.717, 1.165) is 148 Å². The average Bonchev–Trinajstić information content (AvgIpc) is 3.45. The van der Waals surface area contributed by atoms with Crippen LogP contribution < -0.4 is 0 Å². The smallest absolute Gasteiger partial charge is 0.306 e. The minimum Gasteiger partial charge on any atom is -0.462 e. The molecule has 0 N–H and O–H groups in total. The van der Waals surface area contributed by atoms with Crippen molar-refractivity contribution in [2.75, 3.05) is 13.2 Å². The van der Waals surface area contributed by atoms with E-state index in [4.69, 9.17) is 14.2 Å². The van der Waals surface area contributed by atoms with Crippen LogP contribution in [0, 0.1) is 0 Å². The molecule has 0 bridgehead atoms. The van der Waals surface area contributed by atoms with E-state index in [-0.39, 0.29) is 31.1 Å². The molecule has 0 spiro atoms. The van der Waals surface area contributed by atoms with E-state index in [1.807, 2.05) is 0 Å². The number of esters is 3. The van der Waals surface area contributed by atoms with Gasteiger partial charge in [0.15, 0.2) is 6.10 Å². The Morgan fingerprint density at radius 2 is 0.506 bits per heavy atom. The van der Waals surface area contributed by atoms with Crippen molar-refractivity contribution in [1.82, 2.24) is 0 Å². The molecule has 6 nitrogen and oxygen atoms in total. The molecule has 0 aromatic rings. The van der Waals surface area contributed by atoms with E-state index in [0.29, 0.717) is 19.3 Å². The molecule has 0 saturated carbocycles. The molecule has 0 rings (SSSR count).